The molecule has 0 amide bonds. The molecule has 1 aliphatic carbocycles. The third kappa shape index (κ3) is 5.46. The molecule has 0 unspecified atom stereocenters. The van der Waals surface area contributed by atoms with E-state index in [9.17, 15) is 4.79 Å². The molecule has 0 aliphatic heterocycles. The first-order valence-corrected chi connectivity index (χ1v) is 7.11. The number of allylic oxidation sites excluding steroid dienone is 3. The lowest BCUT2D eigenvalue weighted by atomic mass is 9.86. The molecule has 0 aromatic heterocycles. The summed E-state index contributed by atoms with van der Waals surface area (Å²) in [5, 5.41) is 0. The third-order valence-electron chi connectivity index (χ3n) is 3.73. The molecular formula is C17H26O2. The molecule has 0 spiro atoms. The minimum absolute atomic E-state index is 0.159. The van der Waals surface area contributed by atoms with Gasteiger partial charge in [-0.3, -0.25) is 4.79 Å². The zero-order valence-corrected chi connectivity index (χ0v) is 12.4. The summed E-state index contributed by atoms with van der Waals surface area (Å²) in [6.07, 6.45) is 7.84. The van der Waals surface area contributed by atoms with Crippen LogP contribution in [0, 0.1) is 11.8 Å². The molecular weight excluding hydrogens is 236 g/mol. The number of esters is 1. The Labute approximate surface area is 117 Å². The van der Waals surface area contributed by atoms with E-state index >= 15 is 0 Å². The van der Waals surface area contributed by atoms with Gasteiger partial charge in [-0.05, 0) is 43.1 Å². The van der Waals surface area contributed by atoms with E-state index in [1.165, 1.54) is 6.92 Å². The second-order valence-corrected chi connectivity index (χ2v) is 5.76. The number of ether oxygens (including phenoxy) is 1. The Morgan fingerprint density at radius 2 is 2.00 bits per heavy atom. The van der Waals surface area contributed by atoms with Crippen molar-refractivity contribution in [2.75, 3.05) is 0 Å². The van der Waals surface area contributed by atoms with E-state index in [4.69, 9.17) is 4.74 Å². The average Bonchev–Trinajstić information content (AvgIpc) is 2.32. The summed E-state index contributed by atoms with van der Waals surface area (Å²) in [7, 11) is 0. The fourth-order valence-electron chi connectivity index (χ4n) is 2.37. The first kappa shape index (κ1) is 15.7. The van der Waals surface area contributed by atoms with Crippen molar-refractivity contribution in [3.63, 3.8) is 0 Å². The van der Waals surface area contributed by atoms with E-state index < -0.39 is 0 Å². The molecule has 2 nitrogen and oxygen atoms in total. The maximum absolute atomic E-state index is 11.2. The lowest BCUT2D eigenvalue weighted by molar-refractivity contribution is -0.144. The highest BCUT2D eigenvalue weighted by atomic mass is 16.5. The molecule has 1 aliphatic rings. The average molecular weight is 262 g/mol. The van der Waals surface area contributed by atoms with Crippen LogP contribution in [-0.4, -0.2) is 12.1 Å². The van der Waals surface area contributed by atoms with Gasteiger partial charge in [0.05, 0.1) is 0 Å². The number of carbonyl (C=O) groups excluding carboxylic acids is 1. The van der Waals surface area contributed by atoms with E-state index in [2.05, 4.69) is 39.2 Å². The predicted molar refractivity (Wildman–Crippen MR) is 79.8 cm³/mol. The van der Waals surface area contributed by atoms with Gasteiger partial charge in [0.25, 0.3) is 0 Å². The molecule has 0 radical (unpaired) electrons. The normalized spacial score (nSPS) is 27.2. The Kier molecular flexibility index (Phi) is 6.07. The van der Waals surface area contributed by atoms with Crippen LogP contribution in [0.25, 0.3) is 0 Å². The van der Waals surface area contributed by atoms with Gasteiger partial charge < -0.3 is 4.74 Å². The van der Waals surface area contributed by atoms with Crippen LogP contribution >= 0.6 is 0 Å². The van der Waals surface area contributed by atoms with E-state index in [0.717, 1.165) is 36.8 Å². The minimum atomic E-state index is -0.232. The smallest absolute Gasteiger partial charge is 0.303 e. The Balaban J connectivity index is 2.80. The maximum Gasteiger partial charge on any atom is 0.303 e. The molecule has 0 N–H and O–H groups in total. The maximum atomic E-state index is 11.2. The van der Waals surface area contributed by atoms with Crippen LogP contribution in [0.15, 0.2) is 36.5 Å². The van der Waals surface area contributed by atoms with Crippen LogP contribution in [0.2, 0.25) is 0 Å². The zero-order chi connectivity index (χ0) is 14.4. The number of rotatable bonds is 2. The number of hydrogen-bond acceptors (Lipinski definition) is 2. The van der Waals surface area contributed by atoms with Gasteiger partial charge in [0, 0.05) is 6.92 Å². The molecule has 2 atom stereocenters. The second-order valence-electron chi connectivity index (χ2n) is 5.76. The van der Waals surface area contributed by atoms with Gasteiger partial charge in [0.1, 0.15) is 6.10 Å². The van der Waals surface area contributed by atoms with Gasteiger partial charge in [0.15, 0.2) is 0 Å². The van der Waals surface area contributed by atoms with Crippen molar-refractivity contribution >= 4 is 5.97 Å². The Bertz CT molecular complexity index is 377. The van der Waals surface area contributed by atoms with Crippen molar-refractivity contribution in [2.24, 2.45) is 11.8 Å². The highest BCUT2D eigenvalue weighted by Crippen LogP contribution is 2.27. The zero-order valence-electron chi connectivity index (χ0n) is 12.4. The Hall–Kier alpha value is -1.31. The van der Waals surface area contributed by atoms with Crippen molar-refractivity contribution in [3.8, 4) is 0 Å². The van der Waals surface area contributed by atoms with E-state index in [-0.39, 0.29) is 12.1 Å². The van der Waals surface area contributed by atoms with Crippen LogP contribution in [0.5, 0.6) is 0 Å². The molecule has 19 heavy (non-hydrogen) atoms. The molecule has 0 saturated carbocycles. The monoisotopic (exact) mass is 262 g/mol. The molecule has 0 aromatic rings. The Morgan fingerprint density at radius 3 is 2.58 bits per heavy atom. The van der Waals surface area contributed by atoms with E-state index in [0.29, 0.717) is 11.8 Å². The van der Waals surface area contributed by atoms with Gasteiger partial charge in [-0.15, -0.1) is 0 Å². The molecule has 1 rings (SSSR count). The summed E-state index contributed by atoms with van der Waals surface area (Å²) in [6, 6.07) is 0. The minimum Gasteiger partial charge on any atom is -0.458 e. The standard InChI is InChI=1S/C17H26O2/c1-12(2)16-9-6-13(3)7-11-17(19-15(5)18)14(4)8-10-16/h6,9,12,16-17H,3-4,7-8,10-11H2,1-2,5H3/b9-6+/t16-,17+/m0/s1. The fraction of sp³-hybridized carbons (Fsp3) is 0.588. The first-order chi connectivity index (χ1) is 8.90. The van der Waals surface area contributed by atoms with Gasteiger partial charge in [-0.2, -0.15) is 0 Å². The quantitative estimate of drug-likeness (QED) is 0.543. The summed E-state index contributed by atoms with van der Waals surface area (Å²) < 4.78 is 5.38. The van der Waals surface area contributed by atoms with Gasteiger partial charge in [-0.1, -0.05) is 44.7 Å². The SMILES string of the molecule is C=C1/C=C/[C@H](C(C)C)CCC(=C)[C@H](OC(C)=O)CC1. The van der Waals surface area contributed by atoms with Crippen LogP contribution in [0.4, 0.5) is 0 Å². The summed E-state index contributed by atoms with van der Waals surface area (Å²) in [5.74, 6) is 0.901. The summed E-state index contributed by atoms with van der Waals surface area (Å²) >= 11 is 0. The summed E-state index contributed by atoms with van der Waals surface area (Å²) in [6.45, 7) is 14.1. The van der Waals surface area contributed by atoms with Crippen molar-refractivity contribution in [3.05, 3.63) is 36.5 Å². The van der Waals surface area contributed by atoms with Crippen LogP contribution in [0.1, 0.15) is 46.5 Å². The highest BCUT2D eigenvalue weighted by Gasteiger charge is 2.19. The largest absolute Gasteiger partial charge is 0.458 e. The second kappa shape index (κ2) is 7.32. The van der Waals surface area contributed by atoms with Crippen LogP contribution in [0.3, 0.4) is 0 Å². The Morgan fingerprint density at radius 1 is 1.32 bits per heavy atom. The first-order valence-electron chi connectivity index (χ1n) is 7.11. The van der Waals surface area contributed by atoms with Crippen molar-refractivity contribution < 1.29 is 9.53 Å². The lowest BCUT2D eigenvalue weighted by Crippen LogP contribution is -2.20. The number of hydrogen-bond donors (Lipinski definition) is 0. The molecule has 2 heteroatoms. The lowest BCUT2D eigenvalue weighted by Gasteiger charge is -2.24. The third-order valence-corrected chi connectivity index (χ3v) is 3.73. The van der Waals surface area contributed by atoms with E-state index in [1.54, 1.807) is 0 Å². The van der Waals surface area contributed by atoms with Gasteiger partial charge in [-0.25, -0.2) is 0 Å². The van der Waals surface area contributed by atoms with Gasteiger partial charge >= 0.3 is 5.97 Å². The summed E-state index contributed by atoms with van der Waals surface area (Å²) in [5.41, 5.74) is 2.13. The highest BCUT2D eigenvalue weighted by molar-refractivity contribution is 5.66. The van der Waals surface area contributed by atoms with Crippen LogP contribution < -0.4 is 0 Å². The molecule has 106 valence electrons. The summed E-state index contributed by atoms with van der Waals surface area (Å²) in [4.78, 5) is 11.2. The molecule has 0 bridgehead atoms. The molecule has 0 saturated heterocycles. The molecule has 0 fully saturated rings. The van der Waals surface area contributed by atoms with Crippen molar-refractivity contribution in [1.29, 1.82) is 0 Å². The predicted octanol–water partition coefficient (Wildman–Crippen LogP) is 4.43. The van der Waals surface area contributed by atoms with E-state index in [1.807, 2.05) is 0 Å². The number of carbonyl (C=O) groups is 1. The molecule has 0 aromatic carbocycles. The van der Waals surface area contributed by atoms with Crippen LogP contribution in [-0.2, 0) is 9.53 Å². The van der Waals surface area contributed by atoms with Crippen molar-refractivity contribution in [1.82, 2.24) is 0 Å². The fourth-order valence-corrected chi connectivity index (χ4v) is 2.37. The molecule has 0 heterocycles. The van der Waals surface area contributed by atoms with Crippen molar-refractivity contribution in [2.45, 2.75) is 52.6 Å². The van der Waals surface area contributed by atoms with Gasteiger partial charge in [0.2, 0.25) is 0 Å². The topological polar surface area (TPSA) is 26.3 Å².